The maximum Gasteiger partial charge on any atom is 0.333 e. The van der Waals surface area contributed by atoms with Crippen molar-refractivity contribution in [3.8, 4) is 0 Å². The number of rotatable bonds is 5. The number of carbonyl (C=O) groups is 1. The zero-order valence-electron chi connectivity index (χ0n) is 9.90. The van der Waals surface area contributed by atoms with Gasteiger partial charge in [0.05, 0.1) is 6.61 Å². The molecule has 1 aromatic rings. The quantitative estimate of drug-likeness (QED) is 0.560. The number of hydrogen-bond donors (Lipinski definition) is 0. The van der Waals surface area contributed by atoms with Crippen molar-refractivity contribution in [2.24, 2.45) is 0 Å². The van der Waals surface area contributed by atoms with E-state index in [1.54, 1.807) is 0 Å². The fraction of sp³-hybridized carbons (Fsp3) is 0.357. The van der Waals surface area contributed by atoms with Crippen LogP contribution < -0.4 is 0 Å². The topological polar surface area (TPSA) is 26.3 Å². The molecule has 0 unspecified atom stereocenters. The lowest BCUT2D eigenvalue weighted by atomic mass is 10.0. The standard InChI is InChI=1S/C14H18O2/c1-3-13(14(15)16-4-2)11-10-12-8-6-5-7-9-12/h3,5-9H,4,10-11H2,1-2H3/b13-3+. The zero-order chi connectivity index (χ0) is 11.8. The average molecular weight is 218 g/mol. The number of allylic oxidation sites excluding steroid dienone is 1. The van der Waals surface area contributed by atoms with Crippen molar-refractivity contribution < 1.29 is 9.53 Å². The van der Waals surface area contributed by atoms with E-state index in [0.717, 1.165) is 18.4 Å². The van der Waals surface area contributed by atoms with Gasteiger partial charge in [-0.2, -0.15) is 0 Å². The molecule has 86 valence electrons. The van der Waals surface area contributed by atoms with E-state index in [4.69, 9.17) is 4.74 Å². The van der Waals surface area contributed by atoms with Crippen LogP contribution >= 0.6 is 0 Å². The fourth-order valence-electron chi connectivity index (χ4n) is 1.51. The first-order chi connectivity index (χ1) is 7.77. The van der Waals surface area contributed by atoms with Gasteiger partial charge in [-0.1, -0.05) is 36.4 Å². The molecule has 0 saturated heterocycles. The van der Waals surface area contributed by atoms with Gasteiger partial charge in [0.25, 0.3) is 0 Å². The molecule has 0 heterocycles. The Morgan fingerprint density at radius 1 is 1.31 bits per heavy atom. The van der Waals surface area contributed by atoms with E-state index >= 15 is 0 Å². The Hall–Kier alpha value is -1.57. The summed E-state index contributed by atoms with van der Waals surface area (Å²) >= 11 is 0. The number of carbonyl (C=O) groups excluding carboxylic acids is 1. The van der Waals surface area contributed by atoms with Crippen LogP contribution in [-0.4, -0.2) is 12.6 Å². The molecule has 16 heavy (non-hydrogen) atoms. The molecule has 0 spiro atoms. The number of ether oxygens (including phenoxy) is 1. The normalized spacial score (nSPS) is 11.2. The Labute approximate surface area is 96.9 Å². The third-order valence-electron chi connectivity index (χ3n) is 2.41. The highest BCUT2D eigenvalue weighted by atomic mass is 16.5. The van der Waals surface area contributed by atoms with Gasteiger partial charge in [0.15, 0.2) is 0 Å². The summed E-state index contributed by atoms with van der Waals surface area (Å²) in [5.41, 5.74) is 2.00. The molecule has 1 rings (SSSR count). The van der Waals surface area contributed by atoms with Gasteiger partial charge in [-0.05, 0) is 32.3 Å². The smallest absolute Gasteiger partial charge is 0.333 e. The molecular weight excluding hydrogens is 200 g/mol. The van der Waals surface area contributed by atoms with Crippen LogP contribution in [0.15, 0.2) is 42.0 Å². The highest BCUT2D eigenvalue weighted by Crippen LogP contribution is 2.10. The fourth-order valence-corrected chi connectivity index (χ4v) is 1.51. The molecule has 0 aromatic heterocycles. The van der Waals surface area contributed by atoms with Crippen LogP contribution in [0, 0.1) is 0 Å². The van der Waals surface area contributed by atoms with Crippen LogP contribution in [0.4, 0.5) is 0 Å². The van der Waals surface area contributed by atoms with Gasteiger partial charge in [-0.3, -0.25) is 0 Å². The monoisotopic (exact) mass is 218 g/mol. The highest BCUT2D eigenvalue weighted by Gasteiger charge is 2.08. The Bertz CT molecular complexity index is 352. The molecule has 0 atom stereocenters. The lowest BCUT2D eigenvalue weighted by molar-refractivity contribution is -0.138. The second-order valence-electron chi connectivity index (χ2n) is 3.52. The van der Waals surface area contributed by atoms with Crippen LogP contribution in [0.1, 0.15) is 25.8 Å². The summed E-state index contributed by atoms with van der Waals surface area (Å²) in [6.07, 6.45) is 3.44. The summed E-state index contributed by atoms with van der Waals surface area (Å²) in [6.45, 7) is 4.13. The van der Waals surface area contributed by atoms with Crippen molar-refractivity contribution in [1.29, 1.82) is 0 Å². The maximum atomic E-state index is 11.5. The average Bonchev–Trinajstić information content (AvgIpc) is 2.31. The molecular formula is C14H18O2. The lowest BCUT2D eigenvalue weighted by Crippen LogP contribution is -2.08. The van der Waals surface area contributed by atoms with E-state index in [1.165, 1.54) is 5.56 Å². The molecule has 0 amide bonds. The minimum atomic E-state index is -0.194. The minimum Gasteiger partial charge on any atom is -0.463 e. The Balaban J connectivity index is 2.50. The SMILES string of the molecule is C/C=C(\CCc1ccccc1)C(=O)OCC. The third kappa shape index (κ3) is 3.89. The number of hydrogen-bond acceptors (Lipinski definition) is 2. The summed E-state index contributed by atoms with van der Waals surface area (Å²) < 4.78 is 4.98. The lowest BCUT2D eigenvalue weighted by Gasteiger charge is -2.06. The van der Waals surface area contributed by atoms with Crippen LogP contribution in [-0.2, 0) is 16.0 Å². The van der Waals surface area contributed by atoms with Crippen molar-refractivity contribution in [3.05, 3.63) is 47.5 Å². The molecule has 0 N–H and O–H groups in total. The molecule has 0 aliphatic carbocycles. The maximum absolute atomic E-state index is 11.5. The Kier molecular flexibility index (Phi) is 5.34. The van der Waals surface area contributed by atoms with Gasteiger partial charge < -0.3 is 4.74 Å². The summed E-state index contributed by atoms with van der Waals surface area (Å²) in [7, 11) is 0. The van der Waals surface area contributed by atoms with E-state index in [0.29, 0.717) is 6.61 Å². The van der Waals surface area contributed by atoms with Crippen molar-refractivity contribution in [3.63, 3.8) is 0 Å². The summed E-state index contributed by atoms with van der Waals surface area (Å²) in [5.74, 6) is -0.194. The summed E-state index contributed by atoms with van der Waals surface area (Å²) in [6, 6.07) is 10.1. The van der Waals surface area contributed by atoms with E-state index in [-0.39, 0.29) is 5.97 Å². The first kappa shape index (κ1) is 12.5. The largest absolute Gasteiger partial charge is 0.463 e. The van der Waals surface area contributed by atoms with Gasteiger partial charge in [0.1, 0.15) is 0 Å². The van der Waals surface area contributed by atoms with E-state index < -0.39 is 0 Å². The molecule has 0 bridgehead atoms. The van der Waals surface area contributed by atoms with E-state index in [2.05, 4.69) is 12.1 Å². The molecule has 0 radical (unpaired) electrons. The molecule has 0 fully saturated rings. The van der Waals surface area contributed by atoms with Crippen LogP contribution in [0.3, 0.4) is 0 Å². The van der Waals surface area contributed by atoms with Gasteiger partial charge in [-0.25, -0.2) is 4.79 Å². The molecule has 0 saturated carbocycles. The minimum absolute atomic E-state index is 0.194. The van der Waals surface area contributed by atoms with Crippen molar-refractivity contribution >= 4 is 5.97 Å². The molecule has 2 nitrogen and oxygen atoms in total. The van der Waals surface area contributed by atoms with Gasteiger partial charge >= 0.3 is 5.97 Å². The Morgan fingerprint density at radius 3 is 2.56 bits per heavy atom. The van der Waals surface area contributed by atoms with Gasteiger partial charge in [0.2, 0.25) is 0 Å². The van der Waals surface area contributed by atoms with E-state index in [9.17, 15) is 4.79 Å². The van der Waals surface area contributed by atoms with Crippen molar-refractivity contribution in [1.82, 2.24) is 0 Å². The van der Waals surface area contributed by atoms with Crippen molar-refractivity contribution in [2.75, 3.05) is 6.61 Å². The predicted molar refractivity (Wildman–Crippen MR) is 65.2 cm³/mol. The Morgan fingerprint density at radius 2 is 2.00 bits per heavy atom. The first-order valence-corrected chi connectivity index (χ1v) is 5.64. The molecule has 2 heteroatoms. The molecule has 0 aliphatic rings. The van der Waals surface area contributed by atoms with Crippen LogP contribution in [0.25, 0.3) is 0 Å². The number of benzene rings is 1. The van der Waals surface area contributed by atoms with E-state index in [1.807, 2.05) is 38.1 Å². The second-order valence-corrected chi connectivity index (χ2v) is 3.52. The summed E-state index contributed by atoms with van der Waals surface area (Å²) in [5, 5.41) is 0. The zero-order valence-corrected chi connectivity index (χ0v) is 9.90. The van der Waals surface area contributed by atoms with Crippen molar-refractivity contribution in [2.45, 2.75) is 26.7 Å². The summed E-state index contributed by atoms with van der Waals surface area (Å²) in [4.78, 5) is 11.5. The number of esters is 1. The predicted octanol–water partition coefficient (Wildman–Crippen LogP) is 3.13. The molecule has 0 aliphatic heterocycles. The van der Waals surface area contributed by atoms with Crippen LogP contribution in [0.2, 0.25) is 0 Å². The highest BCUT2D eigenvalue weighted by molar-refractivity contribution is 5.88. The first-order valence-electron chi connectivity index (χ1n) is 5.64. The van der Waals surface area contributed by atoms with Crippen LogP contribution in [0.5, 0.6) is 0 Å². The molecule has 1 aromatic carbocycles. The second kappa shape index (κ2) is 6.83. The van der Waals surface area contributed by atoms with Gasteiger partial charge in [-0.15, -0.1) is 0 Å². The van der Waals surface area contributed by atoms with Gasteiger partial charge in [0, 0.05) is 5.57 Å². The third-order valence-corrected chi connectivity index (χ3v) is 2.41. The number of aryl methyl sites for hydroxylation is 1.